The second kappa shape index (κ2) is 9.96. The molecule has 0 aliphatic rings. The maximum Gasteiger partial charge on any atom is 0.267 e. The summed E-state index contributed by atoms with van der Waals surface area (Å²) in [7, 11) is 3.55. The average molecular weight is 513 g/mol. The van der Waals surface area contributed by atoms with Crippen molar-refractivity contribution in [3.63, 3.8) is 0 Å². The Morgan fingerprint density at radius 2 is 1.80 bits per heavy atom. The molecule has 184 valence electrons. The molecule has 0 radical (unpaired) electrons. The molecular weight excluding hydrogens is 483 g/mol. The number of aromatic amines is 1. The molecule has 0 bridgehead atoms. The minimum Gasteiger partial charge on any atom is -0.494 e. The fourth-order valence-corrected chi connectivity index (χ4v) is 5.04. The largest absolute Gasteiger partial charge is 0.494 e. The molecule has 1 amide bonds. The molecule has 35 heavy (non-hydrogen) atoms. The van der Waals surface area contributed by atoms with Gasteiger partial charge in [0.25, 0.3) is 5.91 Å². The lowest BCUT2D eigenvalue weighted by Crippen LogP contribution is -2.19. The van der Waals surface area contributed by atoms with E-state index in [0.29, 0.717) is 23.7 Å². The van der Waals surface area contributed by atoms with E-state index in [-0.39, 0.29) is 5.91 Å². The minimum absolute atomic E-state index is 0.164. The van der Waals surface area contributed by atoms with Crippen LogP contribution < -0.4 is 10.1 Å². The first kappa shape index (κ1) is 25.1. The summed E-state index contributed by atoms with van der Waals surface area (Å²) in [6.07, 6.45) is 1.40. The normalized spacial score (nSPS) is 11.3. The van der Waals surface area contributed by atoms with Crippen molar-refractivity contribution in [3.8, 4) is 16.9 Å². The van der Waals surface area contributed by atoms with Crippen molar-refractivity contribution in [1.29, 1.82) is 0 Å². The van der Waals surface area contributed by atoms with Gasteiger partial charge in [-0.2, -0.15) is 5.10 Å². The van der Waals surface area contributed by atoms with Crippen LogP contribution in [0.15, 0.2) is 24.3 Å². The molecule has 0 spiro atoms. The molecule has 0 aliphatic heterocycles. The van der Waals surface area contributed by atoms with Crippen LogP contribution in [0, 0.1) is 27.7 Å². The summed E-state index contributed by atoms with van der Waals surface area (Å²) < 4.78 is 7.85. The molecule has 0 atom stereocenters. The van der Waals surface area contributed by atoms with Crippen LogP contribution in [0.3, 0.4) is 0 Å². The van der Waals surface area contributed by atoms with Crippen LogP contribution in [0.2, 0.25) is 10.0 Å². The quantitative estimate of drug-likeness (QED) is 0.278. The van der Waals surface area contributed by atoms with Gasteiger partial charge in [-0.05, 0) is 75.4 Å². The van der Waals surface area contributed by atoms with Gasteiger partial charge in [-0.1, -0.05) is 29.3 Å². The highest BCUT2D eigenvalue weighted by Crippen LogP contribution is 2.40. The first-order valence-electron chi connectivity index (χ1n) is 11.6. The van der Waals surface area contributed by atoms with Crippen LogP contribution >= 0.6 is 23.2 Å². The average Bonchev–Trinajstić information content (AvgIpc) is 3.31. The van der Waals surface area contributed by atoms with Gasteiger partial charge in [0.1, 0.15) is 11.4 Å². The number of rotatable bonds is 7. The van der Waals surface area contributed by atoms with Gasteiger partial charge in [-0.3, -0.25) is 9.48 Å². The van der Waals surface area contributed by atoms with Gasteiger partial charge in [-0.15, -0.1) is 0 Å². The number of amides is 1. The number of carbonyl (C=O) groups is 1. The third-order valence-corrected chi connectivity index (χ3v) is 7.41. The number of hydrogen-bond donors (Lipinski definition) is 2. The van der Waals surface area contributed by atoms with Crippen molar-refractivity contribution in [2.24, 2.45) is 7.05 Å². The molecule has 0 fully saturated rings. The number of fused-ring (bicyclic) bond motifs is 1. The first-order valence-corrected chi connectivity index (χ1v) is 12.3. The highest BCUT2D eigenvalue weighted by atomic mass is 35.5. The SMILES string of the molecule is CNC(=O)c1[nH]c2c(-c3c(C)nn(C)c3C)c(Cl)ccc2c1CCCOc1cc(C)c(Cl)c(C)c1. The summed E-state index contributed by atoms with van der Waals surface area (Å²) >= 11 is 13.0. The molecule has 2 aromatic carbocycles. The first-order chi connectivity index (χ1) is 16.6. The van der Waals surface area contributed by atoms with Crippen LogP contribution in [0.4, 0.5) is 0 Å². The van der Waals surface area contributed by atoms with E-state index in [1.807, 2.05) is 63.7 Å². The summed E-state index contributed by atoms with van der Waals surface area (Å²) in [6.45, 7) is 8.45. The van der Waals surface area contributed by atoms with Gasteiger partial charge in [0.2, 0.25) is 0 Å². The van der Waals surface area contributed by atoms with Gasteiger partial charge in [0.05, 0.1) is 22.8 Å². The maximum absolute atomic E-state index is 12.8. The van der Waals surface area contributed by atoms with Gasteiger partial charge in [-0.25, -0.2) is 0 Å². The highest BCUT2D eigenvalue weighted by molar-refractivity contribution is 6.35. The lowest BCUT2D eigenvalue weighted by Gasteiger charge is -2.10. The van der Waals surface area contributed by atoms with E-state index in [1.165, 1.54) is 0 Å². The zero-order valence-corrected chi connectivity index (χ0v) is 22.4. The predicted octanol–water partition coefficient (Wildman–Crippen LogP) is 6.48. The number of nitrogens with zero attached hydrogens (tertiary/aromatic N) is 2. The number of halogens is 2. The Kier molecular flexibility index (Phi) is 7.15. The van der Waals surface area contributed by atoms with Crippen LogP contribution in [-0.4, -0.2) is 34.3 Å². The Labute approximate surface area is 215 Å². The third-order valence-electron chi connectivity index (χ3n) is 6.49. The molecule has 4 aromatic rings. The lowest BCUT2D eigenvalue weighted by atomic mass is 9.98. The Bertz CT molecular complexity index is 1410. The van der Waals surface area contributed by atoms with Crippen molar-refractivity contribution in [1.82, 2.24) is 20.1 Å². The Morgan fingerprint density at radius 1 is 1.11 bits per heavy atom. The van der Waals surface area contributed by atoms with E-state index in [0.717, 1.165) is 67.3 Å². The van der Waals surface area contributed by atoms with Crippen LogP contribution in [0.1, 0.15) is 45.0 Å². The number of hydrogen-bond acceptors (Lipinski definition) is 3. The summed E-state index contributed by atoms with van der Waals surface area (Å²) in [5, 5.41) is 9.67. The highest BCUT2D eigenvalue weighted by Gasteiger charge is 2.23. The number of H-pyrrole nitrogens is 1. The number of aryl methyl sites for hydroxylation is 5. The molecule has 2 N–H and O–H groups in total. The van der Waals surface area contributed by atoms with Crippen LogP contribution in [0.25, 0.3) is 22.0 Å². The summed E-state index contributed by atoms with van der Waals surface area (Å²) in [6, 6.07) is 7.77. The van der Waals surface area contributed by atoms with Crippen molar-refractivity contribution in [3.05, 3.63) is 68.1 Å². The zero-order valence-electron chi connectivity index (χ0n) is 20.9. The van der Waals surface area contributed by atoms with E-state index in [9.17, 15) is 4.79 Å². The number of nitrogens with one attached hydrogen (secondary N) is 2. The van der Waals surface area contributed by atoms with E-state index in [1.54, 1.807) is 7.05 Å². The maximum atomic E-state index is 12.8. The number of benzene rings is 2. The van der Waals surface area contributed by atoms with Crippen LogP contribution in [0.5, 0.6) is 5.75 Å². The zero-order chi connectivity index (χ0) is 25.4. The molecule has 6 nitrogen and oxygen atoms in total. The molecule has 2 heterocycles. The fraction of sp³-hybridized carbons (Fsp3) is 0.333. The number of ether oxygens (including phenoxy) is 1. The van der Waals surface area contributed by atoms with E-state index in [2.05, 4.69) is 15.4 Å². The number of carbonyl (C=O) groups excluding carboxylic acids is 1. The van der Waals surface area contributed by atoms with Crippen molar-refractivity contribution < 1.29 is 9.53 Å². The molecule has 0 saturated carbocycles. The Hall–Kier alpha value is -2.96. The van der Waals surface area contributed by atoms with E-state index in [4.69, 9.17) is 27.9 Å². The monoisotopic (exact) mass is 512 g/mol. The fourth-order valence-electron chi connectivity index (χ4n) is 4.68. The molecule has 0 unspecified atom stereocenters. The van der Waals surface area contributed by atoms with Gasteiger partial charge in [0, 0.05) is 41.3 Å². The summed E-state index contributed by atoms with van der Waals surface area (Å²) in [5.41, 5.74) is 8.07. The predicted molar refractivity (Wildman–Crippen MR) is 143 cm³/mol. The van der Waals surface area contributed by atoms with Gasteiger partial charge < -0.3 is 15.0 Å². The molecule has 4 rings (SSSR count). The summed E-state index contributed by atoms with van der Waals surface area (Å²) in [4.78, 5) is 16.2. The van der Waals surface area contributed by atoms with Crippen molar-refractivity contribution >= 4 is 40.0 Å². The standard InChI is InChI=1S/C27H30Cl2N4O2/c1-14-12-18(13-15(2)24(14)29)35-11-7-8-19-20-9-10-21(28)23(22-16(3)32-33(6)17(22)4)25(20)31-26(19)27(34)30-5/h9-10,12-13,31H,7-8,11H2,1-6H3,(H,30,34). The smallest absolute Gasteiger partial charge is 0.267 e. The Morgan fingerprint density at radius 3 is 2.40 bits per heavy atom. The second-order valence-electron chi connectivity index (χ2n) is 8.90. The van der Waals surface area contributed by atoms with Crippen LogP contribution in [-0.2, 0) is 13.5 Å². The topological polar surface area (TPSA) is 71.9 Å². The van der Waals surface area contributed by atoms with Gasteiger partial charge in [0.15, 0.2) is 0 Å². The second-order valence-corrected chi connectivity index (χ2v) is 9.68. The molecule has 0 aliphatic carbocycles. The van der Waals surface area contributed by atoms with Crippen molar-refractivity contribution in [2.75, 3.05) is 13.7 Å². The summed E-state index contributed by atoms with van der Waals surface area (Å²) in [5.74, 6) is 0.634. The molecule has 8 heteroatoms. The van der Waals surface area contributed by atoms with Crippen molar-refractivity contribution in [2.45, 2.75) is 40.5 Å². The number of aromatic nitrogens is 3. The molecular formula is C27H30Cl2N4O2. The van der Waals surface area contributed by atoms with Gasteiger partial charge >= 0.3 is 0 Å². The minimum atomic E-state index is -0.164. The molecule has 0 saturated heterocycles. The molecule has 2 aromatic heterocycles. The Balaban J connectivity index is 1.69. The van der Waals surface area contributed by atoms with E-state index < -0.39 is 0 Å². The third kappa shape index (κ3) is 4.65. The van der Waals surface area contributed by atoms with E-state index >= 15 is 0 Å². The lowest BCUT2D eigenvalue weighted by molar-refractivity contribution is 0.0958.